The van der Waals surface area contributed by atoms with Gasteiger partial charge in [-0.05, 0) is 30.9 Å². The molecule has 6 heteroatoms. The molecule has 0 spiro atoms. The highest BCUT2D eigenvalue weighted by Gasteiger charge is 2.07. The molecule has 1 heterocycles. The maximum absolute atomic E-state index is 11.8. The lowest BCUT2D eigenvalue weighted by molar-refractivity contribution is 0.0900. The van der Waals surface area contributed by atoms with Gasteiger partial charge in [-0.3, -0.25) is 4.79 Å². The normalized spacial score (nSPS) is 10.7. The van der Waals surface area contributed by atoms with E-state index in [1.54, 1.807) is 12.1 Å². The molecule has 0 aromatic carbocycles. The first-order chi connectivity index (χ1) is 10.1. The van der Waals surface area contributed by atoms with E-state index in [9.17, 15) is 4.79 Å². The number of rotatable bonds is 10. The van der Waals surface area contributed by atoms with Crippen LogP contribution in [-0.4, -0.2) is 42.4 Å². The third-order valence-electron chi connectivity index (χ3n) is 2.82. The predicted octanol–water partition coefficient (Wildman–Crippen LogP) is 2.09. The molecule has 1 aromatic heterocycles. The zero-order valence-corrected chi connectivity index (χ0v) is 13.2. The van der Waals surface area contributed by atoms with Gasteiger partial charge in [0.1, 0.15) is 5.82 Å². The number of nitrogens with zero attached hydrogens (tertiary/aromatic N) is 2. The molecule has 1 rings (SSSR count). The maximum atomic E-state index is 11.8. The van der Waals surface area contributed by atoms with Gasteiger partial charge in [0.2, 0.25) is 0 Å². The summed E-state index contributed by atoms with van der Waals surface area (Å²) in [6, 6.07) is 3.43. The Kier molecular flexibility index (Phi) is 8.35. The van der Waals surface area contributed by atoms with Crippen molar-refractivity contribution in [3.05, 3.63) is 17.8 Å². The first-order valence-electron chi connectivity index (χ1n) is 7.57. The molecule has 2 N–H and O–H groups in total. The molecular weight excluding hydrogens is 268 g/mol. The molecule has 21 heavy (non-hydrogen) atoms. The predicted molar refractivity (Wildman–Crippen MR) is 83.4 cm³/mol. The minimum Gasteiger partial charge on any atom is -0.380 e. The molecule has 0 saturated carbocycles. The van der Waals surface area contributed by atoms with Crippen LogP contribution in [0.5, 0.6) is 0 Å². The van der Waals surface area contributed by atoms with Crippen LogP contribution in [0, 0.1) is 5.92 Å². The largest absolute Gasteiger partial charge is 0.380 e. The van der Waals surface area contributed by atoms with Crippen LogP contribution in [-0.2, 0) is 4.74 Å². The third-order valence-corrected chi connectivity index (χ3v) is 2.82. The summed E-state index contributed by atoms with van der Waals surface area (Å²) >= 11 is 0. The lowest BCUT2D eigenvalue weighted by atomic mass is 10.1. The van der Waals surface area contributed by atoms with Gasteiger partial charge in [0, 0.05) is 19.7 Å². The van der Waals surface area contributed by atoms with Crippen LogP contribution in [0.4, 0.5) is 5.82 Å². The van der Waals surface area contributed by atoms with Crippen LogP contribution < -0.4 is 10.6 Å². The molecule has 0 aliphatic heterocycles. The topological polar surface area (TPSA) is 76.1 Å². The van der Waals surface area contributed by atoms with E-state index in [0.717, 1.165) is 26.0 Å². The molecule has 0 aliphatic carbocycles. The lowest BCUT2D eigenvalue weighted by Crippen LogP contribution is -2.28. The van der Waals surface area contributed by atoms with E-state index in [-0.39, 0.29) is 5.91 Å². The standard InChI is InChI=1S/C15H26N4O2/c1-4-8-16-14-6-5-13(18-19-14)15(20)17-9-11-21-10-7-12(2)3/h5-6,12H,4,7-11H2,1-3H3,(H,16,19)(H,17,20). The van der Waals surface area contributed by atoms with Crippen molar-refractivity contribution in [1.82, 2.24) is 15.5 Å². The molecule has 0 saturated heterocycles. The molecule has 118 valence electrons. The Bertz CT molecular complexity index is 407. The average molecular weight is 294 g/mol. The fraction of sp³-hybridized carbons (Fsp3) is 0.667. The van der Waals surface area contributed by atoms with Crippen LogP contribution in [0.25, 0.3) is 0 Å². The summed E-state index contributed by atoms with van der Waals surface area (Å²) in [6.45, 7) is 8.95. The Morgan fingerprint density at radius 2 is 2.05 bits per heavy atom. The molecule has 1 amide bonds. The second-order valence-corrected chi connectivity index (χ2v) is 5.28. The zero-order chi connectivity index (χ0) is 15.5. The SMILES string of the molecule is CCCNc1ccc(C(=O)NCCOCCC(C)C)nn1. The number of ether oxygens (including phenoxy) is 1. The maximum Gasteiger partial charge on any atom is 0.271 e. The zero-order valence-electron chi connectivity index (χ0n) is 13.2. The first-order valence-corrected chi connectivity index (χ1v) is 7.57. The minimum atomic E-state index is -0.225. The summed E-state index contributed by atoms with van der Waals surface area (Å²) in [5.41, 5.74) is 0.319. The second-order valence-electron chi connectivity index (χ2n) is 5.28. The van der Waals surface area contributed by atoms with Gasteiger partial charge in [0.05, 0.1) is 6.61 Å². The van der Waals surface area contributed by atoms with Crippen LogP contribution in [0.15, 0.2) is 12.1 Å². The Labute approximate surface area is 126 Å². The van der Waals surface area contributed by atoms with Crippen molar-refractivity contribution in [2.24, 2.45) is 5.92 Å². The summed E-state index contributed by atoms with van der Waals surface area (Å²) in [4.78, 5) is 11.8. The number of carbonyl (C=O) groups excluding carboxylic acids is 1. The van der Waals surface area contributed by atoms with Crippen LogP contribution >= 0.6 is 0 Å². The van der Waals surface area contributed by atoms with E-state index in [0.29, 0.717) is 30.6 Å². The fourth-order valence-corrected chi connectivity index (χ4v) is 1.55. The van der Waals surface area contributed by atoms with Crippen molar-refractivity contribution in [3.63, 3.8) is 0 Å². The van der Waals surface area contributed by atoms with E-state index in [1.807, 2.05) is 0 Å². The summed E-state index contributed by atoms with van der Waals surface area (Å²) < 4.78 is 5.43. The van der Waals surface area contributed by atoms with Crippen LogP contribution in [0.1, 0.15) is 44.1 Å². The van der Waals surface area contributed by atoms with E-state index >= 15 is 0 Å². The minimum absolute atomic E-state index is 0.225. The number of nitrogens with one attached hydrogen (secondary N) is 2. The number of hydrogen-bond acceptors (Lipinski definition) is 5. The van der Waals surface area contributed by atoms with Gasteiger partial charge in [-0.25, -0.2) is 0 Å². The number of anilines is 1. The van der Waals surface area contributed by atoms with Gasteiger partial charge in [0.25, 0.3) is 5.91 Å². The van der Waals surface area contributed by atoms with Gasteiger partial charge < -0.3 is 15.4 Å². The first kappa shape index (κ1) is 17.4. The van der Waals surface area contributed by atoms with Crippen LogP contribution in [0.2, 0.25) is 0 Å². The molecule has 0 aliphatic rings. The van der Waals surface area contributed by atoms with Crippen LogP contribution in [0.3, 0.4) is 0 Å². The highest BCUT2D eigenvalue weighted by molar-refractivity contribution is 5.92. The molecule has 0 fully saturated rings. The number of carbonyl (C=O) groups is 1. The second kappa shape index (κ2) is 10.1. The molecule has 0 bridgehead atoms. The molecular formula is C15H26N4O2. The van der Waals surface area contributed by atoms with Crippen molar-refractivity contribution in [3.8, 4) is 0 Å². The molecule has 0 unspecified atom stereocenters. The number of amides is 1. The van der Waals surface area contributed by atoms with Crippen molar-refractivity contribution in [2.45, 2.75) is 33.6 Å². The van der Waals surface area contributed by atoms with E-state index in [4.69, 9.17) is 4.74 Å². The van der Waals surface area contributed by atoms with Crippen molar-refractivity contribution >= 4 is 11.7 Å². The van der Waals surface area contributed by atoms with Crippen molar-refractivity contribution in [1.29, 1.82) is 0 Å². The summed E-state index contributed by atoms with van der Waals surface area (Å²) in [5.74, 6) is 1.09. The Morgan fingerprint density at radius 3 is 2.67 bits per heavy atom. The Hall–Kier alpha value is -1.69. The average Bonchev–Trinajstić information content (AvgIpc) is 2.48. The summed E-state index contributed by atoms with van der Waals surface area (Å²) in [6.07, 6.45) is 2.05. The Balaban J connectivity index is 2.22. The van der Waals surface area contributed by atoms with Crippen molar-refractivity contribution in [2.75, 3.05) is 31.6 Å². The molecule has 6 nitrogen and oxygen atoms in total. The van der Waals surface area contributed by atoms with Gasteiger partial charge >= 0.3 is 0 Å². The number of aromatic nitrogens is 2. The van der Waals surface area contributed by atoms with Gasteiger partial charge in [0.15, 0.2) is 5.69 Å². The highest BCUT2D eigenvalue weighted by Crippen LogP contribution is 2.02. The highest BCUT2D eigenvalue weighted by atomic mass is 16.5. The monoisotopic (exact) mass is 294 g/mol. The molecule has 1 aromatic rings. The quantitative estimate of drug-likeness (QED) is 0.646. The Morgan fingerprint density at radius 1 is 1.24 bits per heavy atom. The third kappa shape index (κ3) is 7.60. The van der Waals surface area contributed by atoms with E-state index < -0.39 is 0 Å². The summed E-state index contributed by atoms with van der Waals surface area (Å²) in [7, 11) is 0. The van der Waals surface area contributed by atoms with Gasteiger partial charge in [-0.1, -0.05) is 20.8 Å². The lowest BCUT2D eigenvalue weighted by Gasteiger charge is -2.08. The fourth-order valence-electron chi connectivity index (χ4n) is 1.55. The molecule has 0 atom stereocenters. The van der Waals surface area contributed by atoms with E-state index in [2.05, 4.69) is 41.6 Å². The van der Waals surface area contributed by atoms with Gasteiger partial charge in [-0.2, -0.15) is 0 Å². The summed E-state index contributed by atoms with van der Waals surface area (Å²) in [5, 5.41) is 13.7. The molecule has 0 radical (unpaired) electrons. The van der Waals surface area contributed by atoms with E-state index in [1.165, 1.54) is 0 Å². The smallest absolute Gasteiger partial charge is 0.271 e. The number of hydrogen-bond donors (Lipinski definition) is 2. The van der Waals surface area contributed by atoms with Crippen molar-refractivity contribution < 1.29 is 9.53 Å². The van der Waals surface area contributed by atoms with Gasteiger partial charge in [-0.15, -0.1) is 10.2 Å².